The van der Waals surface area contributed by atoms with Crippen molar-refractivity contribution in [3.05, 3.63) is 70.2 Å². The van der Waals surface area contributed by atoms with E-state index in [4.69, 9.17) is 11.6 Å². The second-order valence-electron chi connectivity index (χ2n) is 5.19. The van der Waals surface area contributed by atoms with Crippen molar-refractivity contribution in [2.24, 2.45) is 0 Å². The maximum Gasteiger partial charge on any atom is 0.337 e. The summed E-state index contributed by atoms with van der Waals surface area (Å²) in [4.78, 5) is 23.2. The third-order valence-corrected chi connectivity index (χ3v) is 3.79. The van der Waals surface area contributed by atoms with Crippen molar-refractivity contribution in [2.75, 3.05) is 6.54 Å². The lowest BCUT2D eigenvalue weighted by molar-refractivity contribution is -0.120. The number of hydrogen-bond donors (Lipinski definition) is 2. The first-order valence-electron chi connectivity index (χ1n) is 7.39. The van der Waals surface area contributed by atoms with Gasteiger partial charge < -0.3 is 10.4 Å². The number of amides is 1. The number of aromatic carboxylic acids is 1. The average Bonchev–Trinajstić information content (AvgIpc) is 2.52. The molecule has 0 unspecified atom stereocenters. The van der Waals surface area contributed by atoms with Gasteiger partial charge in [-0.15, -0.1) is 0 Å². The molecule has 0 atom stereocenters. The molecule has 5 heteroatoms. The Kier molecular flexibility index (Phi) is 6.18. The molecule has 0 saturated carbocycles. The molecule has 120 valence electrons. The fourth-order valence-corrected chi connectivity index (χ4v) is 2.63. The van der Waals surface area contributed by atoms with Crippen molar-refractivity contribution in [1.29, 1.82) is 0 Å². The smallest absolute Gasteiger partial charge is 0.337 e. The van der Waals surface area contributed by atoms with E-state index in [1.165, 1.54) is 11.6 Å². The van der Waals surface area contributed by atoms with Crippen molar-refractivity contribution >= 4 is 23.5 Å². The van der Waals surface area contributed by atoms with Gasteiger partial charge in [0, 0.05) is 6.54 Å². The molecule has 2 rings (SSSR count). The third kappa shape index (κ3) is 5.11. The summed E-state index contributed by atoms with van der Waals surface area (Å²) in [5.41, 5.74) is 1.64. The zero-order valence-electron chi connectivity index (χ0n) is 12.6. The van der Waals surface area contributed by atoms with Gasteiger partial charge in [-0.1, -0.05) is 54.1 Å². The van der Waals surface area contributed by atoms with Crippen LogP contribution in [0.25, 0.3) is 0 Å². The maximum atomic E-state index is 12.0. The molecule has 0 saturated heterocycles. The first kappa shape index (κ1) is 17.0. The van der Waals surface area contributed by atoms with Gasteiger partial charge in [-0.3, -0.25) is 4.79 Å². The third-order valence-electron chi connectivity index (χ3n) is 3.47. The van der Waals surface area contributed by atoms with E-state index in [0.29, 0.717) is 12.1 Å². The number of carboxylic acid groups (broad SMARTS) is 1. The summed E-state index contributed by atoms with van der Waals surface area (Å²) < 4.78 is 0. The SMILES string of the molecule is O=C(Cc1cccc(Cl)c1C(=O)O)NCCCc1ccccc1. The molecule has 0 aliphatic rings. The second kappa shape index (κ2) is 8.34. The molecule has 0 heterocycles. The average molecular weight is 332 g/mol. The second-order valence-corrected chi connectivity index (χ2v) is 5.60. The van der Waals surface area contributed by atoms with Gasteiger partial charge in [0.25, 0.3) is 0 Å². The van der Waals surface area contributed by atoms with Gasteiger partial charge in [-0.05, 0) is 30.0 Å². The van der Waals surface area contributed by atoms with E-state index in [2.05, 4.69) is 5.32 Å². The number of halogens is 1. The van der Waals surface area contributed by atoms with Crippen LogP contribution in [0.4, 0.5) is 0 Å². The van der Waals surface area contributed by atoms with Gasteiger partial charge in [0.1, 0.15) is 0 Å². The molecule has 0 fully saturated rings. The lowest BCUT2D eigenvalue weighted by Gasteiger charge is -2.09. The standard InChI is InChI=1S/C18H18ClNO3/c19-15-10-4-9-14(17(15)18(22)23)12-16(21)20-11-5-8-13-6-2-1-3-7-13/h1-4,6-7,9-10H,5,8,11-12H2,(H,20,21)(H,22,23). The Morgan fingerprint density at radius 1 is 1.04 bits per heavy atom. The Bertz CT molecular complexity index is 686. The quantitative estimate of drug-likeness (QED) is 0.765. The molecular weight excluding hydrogens is 314 g/mol. The Morgan fingerprint density at radius 3 is 2.48 bits per heavy atom. The summed E-state index contributed by atoms with van der Waals surface area (Å²) in [5.74, 6) is -1.33. The minimum absolute atomic E-state index is 0.00592. The van der Waals surface area contributed by atoms with Crippen LogP contribution in [0.1, 0.15) is 27.9 Å². The number of carbonyl (C=O) groups is 2. The largest absolute Gasteiger partial charge is 0.478 e. The number of benzene rings is 2. The molecule has 0 aliphatic carbocycles. The molecule has 0 aliphatic heterocycles. The van der Waals surface area contributed by atoms with Crippen molar-refractivity contribution in [2.45, 2.75) is 19.3 Å². The van der Waals surface area contributed by atoms with Crippen LogP contribution in [0.2, 0.25) is 5.02 Å². The molecule has 0 radical (unpaired) electrons. The van der Waals surface area contributed by atoms with Crippen LogP contribution in [0.5, 0.6) is 0 Å². The zero-order chi connectivity index (χ0) is 16.7. The van der Waals surface area contributed by atoms with Crippen LogP contribution >= 0.6 is 11.6 Å². The van der Waals surface area contributed by atoms with E-state index in [0.717, 1.165) is 12.8 Å². The van der Waals surface area contributed by atoms with Crippen LogP contribution in [-0.2, 0) is 17.6 Å². The molecule has 23 heavy (non-hydrogen) atoms. The van der Waals surface area contributed by atoms with Gasteiger partial charge in [0.2, 0.25) is 5.91 Å². The minimum atomic E-state index is -1.12. The molecule has 0 aromatic heterocycles. The Balaban J connectivity index is 1.84. The van der Waals surface area contributed by atoms with Crippen LogP contribution < -0.4 is 5.32 Å². The number of carbonyl (C=O) groups excluding carboxylic acids is 1. The van der Waals surface area contributed by atoms with Crippen LogP contribution in [0, 0.1) is 0 Å². The summed E-state index contributed by atoms with van der Waals surface area (Å²) in [7, 11) is 0. The van der Waals surface area contributed by atoms with Crippen molar-refractivity contribution in [3.8, 4) is 0 Å². The molecule has 0 bridgehead atoms. The van der Waals surface area contributed by atoms with Crippen LogP contribution in [0.15, 0.2) is 48.5 Å². The van der Waals surface area contributed by atoms with E-state index in [1.54, 1.807) is 12.1 Å². The van der Waals surface area contributed by atoms with E-state index in [-0.39, 0.29) is 22.9 Å². The molecule has 1 amide bonds. The van der Waals surface area contributed by atoms with E-state index in [9.17, 15) is 14.7 Å². The summed E-state index contributed by atoms with van der Waals surface area (Å²) in [6.07, 6.45) is 1.73. The molecular formula is C18H18ClNO3. The number of carboxylic acids is 1. The Hall–Kier alpha value is -2.33. The lowest BCUT2D eigenvalue weighted by atomic mass is 10.0. The van der Waals surface area contributed by atoms with Gasteiger partial charge in [0.15, 0.2) is 0 Å². The number of nitrogens with one attached hydrogen (secondary N) is 1. The minimum Gasteiger partial charge on any atom is -0.478 e. The first-order valence-corrected chi connectivity index (χ1v) is 7.77. The highest BCUT2D eigenvalue weighted by atomic mass is 35.5. The summed E-state index contributed by atoms with van der Waals surface area (Å²) in [5, 5.41) is 12.1. The van der Waals surface area contributed by atoms with Gasteiger partial charge in [-0.25, -0.2) is 4.79 Å². The fourth-order valence-electron chi connectivity index (χ4n) is 2.36. The highest BCUT2D eigenvalue weighted by molar-refractivity contribution is 6.33. The zero-order valence-corrected chi connectivity index (χ0v) is 13.3. The number of aryl methyl sites for hydroxylation is 1. The van der Waals surface area contributed by atoms with Crippen molar-refractivity contribution < 1.29 is 14.7 Å². The molecule has 2 N–H and O–H groups in total. The Morgan fingerprint density at radius 2 is 1.78 bits per heavy atom. The summed E-state index contributed by atoms with van der Waals surface area (Å²) >= 11 is 5.89. The molecule has 0 spiro atoms. The maximum absolute atomic E-state index is 12.0. The van der Waals surface area contributed by atoms with E-state index < -0.39 is 5.97 Å². The predicted molar refractivity (Wildman–Crippen MR) is 89.9 cm³/mol. The van der Waals surface area contributed by atoms with Gasteiger partial charge in [0.05, 0.1) is 17.0 Å². The summed E-state index contributed by atoms with van der Waals surface area (Å²) in [6.45, 7) is 0.552. The van der Waals surface area contributed by atoms with Crippen molar-refractivity contribution in [3.63, 3.8) is 0 Å². The molecule has 2 aromatic rings. The highest BCUT2D eigenvalue weighted by Gasteiger charge is 2.16. The number of hydrogen-bond acceptors (Lipinski definition) is 2. The summed E-state index contributed by atoms with van der Waals surface area (Å²) in [6, 6.07) is 14.8. The van der Waals surface area contributed by atoms with E-state index in [1.807, 2.05) is 30.3 Å². The highest BCUT2D eigenvalue weighted by Crippen LogP contribution is 2.20. The van der Waals surface area contributed by atoms with Crippen LogP contribution in [0.3, 0.4) is 0 Å². The lowest BCUT2D eigenvalue weighted by Crippen LogP contribution is -2.27. The van der Waals surface area contributed by atoms with Crippen molar-refractivity contribution in [1.82, 2.24) is 5.32 Å². The predicted octanol–water partition coefficient (Wildman–Crippen LogP) is 3.33. The topological polar surface area (TPSA) is 66.4 Å². The van der Waals surface area contributed by atoms with E-state index >= 15 is 0 Å². The molecule has 4 nitrogen and oxygen atoms in total. The van der Waals surface area contributed by atoms with Gasteiger partial charge in [-0.2, -0.15) is 0 Å². The number of rotatable bonds is 7. The fraction of sp³-hybridized carbons (Fsp3) is 0.222. The molecule has 2 aromatic carbocycles. The monoisotopic (exact) mass is 331 g/mol. The first-order chi connectivity index (χ1) is 11.1. The Labute approximate surface area is 140 Å². The normalized spacial score (nSPS) is 10.3. The van der Waals surface area contributed by atoms with Gasteiger partial charge >= 0.3 is 5.97 Å². The van der Waals surface area contributed by atoms with Crippen LogP contribution in [-0.4, -0.2) is 23.5 Å².